The molecule has 0 saturated heterocycles. The Balaban J connectivity index is 2.18. The minimum absolute atomic E-state index is 0.0726. The third-order valence-corrected chi connectivity index (χ3v) is 3.21. The fraction of sp³-hybridized carbons (Fsp3) is 0.316. The van der Waals surface area contributed by atoms with Crippen LogP contribution in [0.2, 0.25) is 0 Å². The Bertz CT molecular complexity index is 635. The van der Waals surface area contributed by atoms with E-state index in [0.29, 0.717) is 12.4 Å². The normalized spacial score (nSPS) is 10.4. The van der Waals surface area contributed by atoms with E-state index in [1.807, 2.05) is 62.4 Å². The molecule has 0 spiro atoms. The van der Waals surface area contributed by atoms with Gasteiger partial charge in [0.05, 0.1) is 19.6 Å². The summed E-state index contributed by atoms with van der Waals surface area (Å²) in [5.74, 6) is 1.06. The summed E-state index contributed by atoms with van der Waals surface area (Å²) in [5.41, 5.74) is 1.84. The largest absolute Gasteiger partial charge is 0.491 e. The molecule has 4 nitrogen and oxygen atoms in total. The second-order valence-corrected chi connectivity index (χ2v) is 5.46. The molecular weight excluding hydrogens is 292 g/mol. The van der Waals surface area contributed by atoms with Gasteiger partial charge in [0.25, 0.3) is 0 Å². The van der Waals surface area contributed by atoms with Gasteiger partial charge in [0.1, 0.15) is 18.1 Å². The highest BCUT2D eigenvalue weighted by molar-refractivity contribution is 5.73. The summed E-state index contributed by atoms with van der Waals surface area (Å²) in [6.07, 6.45) is 0.242. The van der Waals surface area contributed by atoms with Gasteiger partial charge in [0.15, 0.2) is 0 Å². The average Bonchev–Trinajstić information content (AvgIpc) is 2.55. The van der Waals surface area contributed by atoms with Crippen molar-refractivity contribution in [3.63, 3.8) is 0 Å². The Hall–Kier alpha value is -2.49. The number of ether oxygens (including phenoxy) is 3. The molecule has 0 heterocycles. The van der Waals surface area contributed by atoms with Gasteiger partial charge in [-0.1, -0.05) is 36.4 Å². The Labute approximate surface area is 137 Å². The van der Waals surface area contributed by atoms with Crippen molar-refractivity contribution in [2.75, 3.05) is 7.11 Å². The molecule has 2 aromatic rings. The Kier molecular flexibility index (Phi) is 6.03. The summed E-state index contributed by atoms with van der Waals surface area (Å²) >= 11 is 0. The Morgan fingerprint density at radius 2 is 1.83 bits per heavy atom. The quantitative estimate of drug-likeness (QED) is 0.730. The maximum atomic E-state index is 11.6. The van der Waals surface area contributed by atoms with Crippen molar-refractivity contribution in [2.24, 2.45) is 0 Å². The number of methoxy groups -OCH3 is 1. The van der Waals surface area contributed by atoms with Crippen LogP contribution in [0.25, 0.3) is 0 Å². The van der Waals surface area contributed by atoms with Gasteiger partial charge >= 0.3 is 5.97 Å². The SMILES string of the molecule is COC(=O)Cc1ccc(OC(C)C)cc1OCc1ccccc1. The van der Waals surface area contributed by atoms with E-state index in [1.165, 1.54) is 7.11 Å². The smallest absolute Gasteiger partial charge is 0.310 e. The van der Waals surface area contributed by atoms with Crippen LogP contribution in [-0.4, -0.2) is 19.2 Å². The van der Waals surface area contributed by atoms with Crippen molar-refractivity contribution in [1.29, 1.82) is 0 Å². The molecule has 0 aromatic heterocycles. The first-order valence-corrected chi connectivity index (χ1v) is 7.61. The van der Waals surface area contributed by atoms with Gasteiger partial charge in [-0.2, -0.15) is 0 Å². The van der Waals surface area contributed by atoms with Gasteiger partial charge < -0.3 is 14.2 Å². The standard InChI is InChI=1S/C19H22O4/c1-14(2)23-17-10-9-16(11-19(20)21-3)18(12-17)22-13-15-7-5-4-6-8-15/h4-10,12,14H,11,13H2,1-3H3. The van der Waals surface area contributed by atoms with Crippen LogP contribution in [0.15, 0.2) is 48.5 Å². The molecule has 2 rings (SSSR count). The van der Waals surface area contributed by atoms with Gasteiger partial charge in [0.2, 0.25) is 0 Å². The van der Waals surface area contributed by atoms with Crippen molar-refractivity contribution in [1.82, 2.24) is 0 Å². The average molecular weight is 314 g/mol. The number of hydrogen-bond donors (Lipinski definition) is 0. The van der Waals surface area contributed by atoms with Crippen LogP contribution in [-0.2, 0) is 22.6 Å². The molecule has 0 N–H and O–H groups in total. The molecule has 0 aliphatic rings. The number of carbonyl (C=O) groups is 1. The van der Waals surface area contributed by atoms with E-state index in [4.69, 9.17) is 14.2 Å². The number of carbonyl (C=O) groups excluding carboxylic acids is 1. The van der Waals surface area contributed by atoms with Crippen molar-refractivity contribution in [3.05, 3.63) is 59.7 Å². The zero-order valence-electron chi connectivity index (χ0n) is 13.7. The topological polar surface area (TPSA) is 44.8 Å². The molecule has 23 heavy (non-hydrogen) atoms. The summed E-state index contributed by atoms with van der Waals surface area (Å²) < 4.78 is 16.3. The minimum Gasteiger partial charge on any atom is -0.491 e. The second-order valence-electron chi connectivity index (χ2n) is 5.46. The van der Waals surface area contributed by atoms with Crippen molar-refractivity contribution in [2.45, 2.75) is 33.0 Å². The van der Waals surface area contributed by atoms with Crippen LogP contribution in [0.3, 0.4) is 0 Å². The molecule has 0 saturated carbocycles. The van der Waals surface area contributed by atoms with Gasteiger partial charge in [-0.3, -0.25) is 4.79 Å². The molecule has 0 atom stereocenters. The first kappa shape index (κ1) is 16.9. The Morgan fingerprint density at radius 3 is 2.48 bits per heavy atom. The highest BCUT2D eigenvalue weighted by atomic mass is 16.5. The predicted octanol–water partition coefficient (Wildman–Crippen LogP) is 3.77. The van der Waals surface area contributed by atoms with E-state index in [-0.39, 0.29) is 18.5 Å². The molecule has 0 amide bonds. The van der Waals surface area contributed by atoms with Gasteiger partial charge in [-0.25, -0.2) is 0 Å². The van der Waals surface area contributed by atoms with Crippen LogP contribution in [0.1, 0.15) is 25.0 Å². The highest BCUT2D eigenvalue weighted by Crippen LogP contribution is 2.27. The van der Waals surface area contributed by atoms with Crippen molar-refractivity contribution >= 4 is 5.97 Å². The lowest BCUT2D eigenvalue weighted by Crippen LogP contribution is -2.09. The summed E-state index contributed by atoms with van der Waals surface area (Å²) in [6, 6.07) is 15.4. The maximum absolute atomic E-state index is 11.6. The molecule has 0 radical (unpaired) electrons. The second kappa shape index (κ2) is 8.22. The molecule has 122 valence electrons. The summed E-state index contributed by atoms with van der Waals surface area (Å²) in [6.45, 7) is 4.36. The number of rotatable bonds is 7. The van der Waals surface area contributed by atoms with Crippen molar-refractivity contribution in [3.8, 4) is 11.5 Å². The van der Waals surface area contributed by atoms with E-state index in [2.05, 4.69) is 0 Å². The molecule has 0 aliphatic carbocycles. The summed E-state index contributed by atoms with van der Waals surface area (Å²) in [5, 5.41) is 0. The van der Waals surface area contributed by atoms with Crippen LogP contribution in [0.5, 0.6) is 11.5 Å². The lowest BCUT2D eigenvalue weighted by Gasteiger charge is -2.15. The van der Waals surface area contributed by atoms with E-state index < -0.39 is 0 Å². The van der Waals surface area contributed by atoms with Crippen LogP contribution >= 0.6 is 0 Å². The van der Waals surface area contributed by atoms with Gasteiger partial charge in [0, 0.05) is 11.6 Å². The predicted molar refractivity (Wildman–Crippen MR) is 88.7 cm³/mol. The first-order valence-electron chi connectivity index (χ1n) is 7.61. The number of hydrogen-bond acceptors (Lipinski definition) is 4. The monoisotopic (exact) mass is 314 g/mol. The number of esters is 1. The summed E-state index contributed by atoms with van der Waals surface area (Å²) in [7, 11) is 1.38. The fourth-order valence-electron chi connectivity index (χ4n) is 2.12. The van der Waals surface area contributed by atoms with E-state index in [1.54, 1.807) is 0 Å². The fourth-order valence-corrected chi connectivity index (χ4v) is 2.12. The molecule has 0 fully saturated rings. The lowest BCUT2D eigenvalue weighted by atomic mass is 10.1. The van der Waals surface area contributed by atoms with E-state index in [9.17, 15) is 4.79 Å². The third-order valence-electron chi connectivity index (χ3n) is 3.21. The molecule has 4 heteroatoms. The first-order chi connectivity index (χ1) is 11.1. The molecule has 0 unspecified atom stereocenters. The van der Waals surface area contributed by atoms with Crippen LogP contribution in [0, 0.1) is 0 Å². The van der Waals surface area contributed by atoms with Crippen LogP contribution < -0.4 is 9.47 Å². The molecule has 0 aliphatic heterocycles. The summed E-state index contributed by atoms with van der Waals surface area (Å²) in [4.78, 5) is 11.6. The van der Waals surface area contributed by atoms with E-state index in [0.717, 1.165) is 16.9 Å². The number of benzene rings is 2. The van der Waals surface area contributed by atoms with E-state index >= 15 is 0 Å². The minimum atomic E-state index is -0.299. The zero-order valence-corrected chi connectivity index (χ0v) is 13.7. The zero-order chi connectivity index (χ0) is 16.7. The van der Waals surface area contributed by atoms with Crippen LogP contribution in [0.4, 0.5) is 0 Å². The maximum Gasteiger partial charge on any atom is 0.310 e. The molecule has 2 aromatic carbocycles. The molecule has 0 bridgehead atoms. The lowest BCUT2D eigenvalue weighted by molar-refractivity contribution is -0.139. The van der Waals surface area contributed by atoms with Crippen molar-refractivity contribution < 1.29 is 19.0 Å². The Morgan fingerprint density at radius 1 is 1.09 bits per heavy atom. The molecular formula is C19H22O4. The van der Waals surface area contributed by atoms with Gasteiger partial charge in [-0.05, 0) is 25.5 Å². The highest BCUT2D eigenvalue weighted by Gasteiger charge is 2.12. The van der Waals surface area contributed by atoms with Gasteiger partial charge in [-0.15, -0.1) is 0 Å². The third kappa shape index (κ3) is 5.33.